The van der Waals surface area contributed by atoms with Gasteiger partial charge in [0, 0.05) is 42.0 Å². The van der Waals surface area contributed by atoms with Crippen LogP contribution in [0.15, 0.2) is 53.7 Å². The van der Waals surface area contributed by atoms with Crippen LogP contribution in [0.2, 0.25) is 0 Å². The molecule has 3 rings (SSSR count). The van der Waals surface area contributed by atoms with Crippen LogP contribution in [0, 0.1) is 0 Å². The van der Waals surface area contributed by atoms with Gasteiger partial charge in [-0.1, -0.05) is 6.07 Å². The van der Waals surface area contributed by atoms with E-state index in [0.717, 1.165) is 27.2 Å². The van der Waals surface area contributed by atoms with Crippen molar-refractivity contribution in [3.05, 3.63) is 54.4 Å². The van der Waals surface area contributed by atoms with E-state index in [1.807, 2.05) is 53.4 Å². The highest BCUT2D eigenvalue weighted by Crippen LogP contribution is 2.22. The summed E-state index contributed by atoms with van der Waals surface area (Å²) in [5.41, 5.74) is 2.67. The lowest BCUT2D eigenvalue weighted by atomic mass is 10.1. The lowest BCUT2D eigenvalue weighted by Gasteiger charge is -2.06. The van der Waals surface area contributed by atoms with E-state index < -0.39 is 0 Å². The molecule has 0 spiro atoms. The number of nitrogens with zero attached hydrogens (tertiary/aromatic N) is 2. The number of amides is 1. The van der Waals surface area contributed by atoms with Gasteiger partial charge in [-0.2, -0.15) is 0 Å². The van der Waals surface area contributed by atoms with E-state index in [4.69, 9.17) is 4.74 Å². The smallest absolute Gasteiger partial charge is 0.228 e. The van der Waals surface area contributed by atoms with Gasteiger partial charge in [0.25, 0.3) is 0 Å². The Bertz CT molecular complexity index is 876. The number of nitrogens with one attached hydrogen (secondary N) is 1. The summed E-state index contributed by atoms with van der Waals surface area (Å²) in [6.07, 6.45) is 6.09. The van der Waals surface area contributed by atoms with E-state index in [0.29, 0.717) is 19.6 Å². The van der Waals surface area contributed by atoms with E-state index in [1.54, 1.807) is 25.1 Å². The van der Waals surface area contributed by atoms with Crippen LogP contribution < -0.4 is 5.32 Å². The minimum absolute atomic E-state index is 0.0344. The largest absolute Gasteiger partial charge is 0.383 e. The Hall–Kier alpha value is -2.31. The number of anilines is 1. The van der Waals surface area contributed by atoms with Crippen molar-refractivity contribution in [2.75, 3.05) is 25.3 Å². The Labute approximate surface area is 151 Å². The molecule has 0 radical (unpaired) electrons. The van der Waals surface area contributed by atoms with E-state index in [1.165, 1.54) is 0 Å². The first-order valence-corrected chi connectivity index (χ1v) is 9.29. The molecule has 0 saturated heterocycles. The number of carbonyl (C=O) groups excluding carboxylic acids is 1. The summed E-state index contributed by atoms with van der Waals surface area (Å²) in [6, 6.07) is 11.7. The predicted molar refractivity (Wildman–Crippen MR) is 102 cm³/mol. The topological polar surface area (TPSA) is 56.1 Å². The van der Waals surface area contributed by atoms with E-state index in [2.05, 4.69) is 10.3 Å². The van der Waals surface area contributed by atoms with Gasteiger partial charge in [0.05, 0.1) is 13.0 Å². The van der Waals surface area contributed by atoms with Crippen molar-refractivity contribution in [2.45, 2.75) is 17.9 Å². The molecular formula is C19H21N3O2S. The molecule has 1 N–H and O–H groups in total. The summed E-state index contributed by atoms with van der Waals surface area (Å²) in [5.74, 6) is -0.0344. The Balaban J connectivity index is 1.78. The number of aromatic nitrogens is 2. The number of pyridine rings is 1. The SMILES string of the molecule is COCCn1cc(CC(=O)Nc2cccc(SC)c2)c2cccnc21. The first-order valence-electron chi connectivity index (χ1n) is 8.07. The van der Waals surface area contributed by atoms with E-state index in [9.17, 15) is 4.79 Å². The monoisotopic (exact) mass is 355 g/mol. The fraction of sp³-hybridized carbons (Fsp3) is 0.263. The van der Waals surface area contributed by atoms with Gasteiger partial charge in [0.2, 0.25) is 5.91 Å². The minimum atomic E-state index is -0.0344. The third kappa shape index (κ3) is 4.21. The fourth-order valence-corrected chi connectivity index (χ4v) is 3.23. The van der Waals surface area contributed by atoms with Gasteiger partial charge in [-0.05, 0) is 42.2 Å². The van der Waals surface area contributed by atoms with Gasteiger partial charge >= 0.3 is 0 Å². The van der Waals surface area contributed by atoms with Crippen molar-refractivity contribution in [3.8, 4) is 0 Å². The van der Waals surface area contributed by atoms with Gasteiger partial charge < -0.3 is 14.6 Å². The molecule has 25 heavy (non-hydrogen) atoms. The second-order valence-electron chi connectivity index (χ2n) is 5.67. The molecule has 0 aliphatic carbocycles. The Morgan fingerprint density at radius 2 is 2.20 bits per heavy atom. The second kappa shape index (κ2) is 8.18. The molecule has 0 atom stereocenters. The standard InChI is InChI=1S/C19H21N3O2S/c1-24-10-9-22-13-14(17-7-4-8-20-19(17)22)11-18(23)21-15-5-3-6-16(12-15)25-2/h3-8,12-13H,9-11H2,1-2H3,(H,21,23). The van der Waals surface area contributed by atoms with Gasteiger partial charge in [0.15, 0.2) is 0 Å². The highest BCUT2D eigenvalue weighted by molar-refractivity contribution is 7.98. The maximum atomic E-state index is 12.5. The third-order valence-electron chi connectivity index (χ3n) is 3.96. The number of rotatable bonds is 7. The first-order chi connectivity index (χ1) is 12.2. The molecular weight excluding hydrogens is 334 g/mol. The maximum Gasteiger partial charge on any atom is 0.228 e. The van der Waals surface area contributed by atoms with Crippen LogP contribution in [0.4, 0.5) is 5.69 Å². The normalized spacial score (nSPS) is 11.0. The molecule has 0 fully saturated rings. The molecule has 0 aliphatic rings. The molecule has 0 aliphatic heterocycles. The quantitative estimate of drug-likeness (QED) is 0.658. The molecule has 2 heterocycles. The Morgan fingerprint density at radius 3 is 3.00 bits per heavy atom. The second-order valence-corrected chi connectivity index (χ2v) is 6.55. The van der Waals surface area contributed by atoms with Gasteiger partial charge in [-0.25, -0.2) is 4.98 Å². The van der Waals surface area contributed by atoms with Crippen LogP contribution in [-0.4, -0.2) is 35.4 Å². The Morgan fingerprint density at radius 1 is 1.32 bits per heavy atom. The predicted octanol–water partition coefficient (Wildman–Crippen LogP) is 3.59. The molecule has 1 amide bonds. The highest BCUT2D eigenvalue weighted by Gasteiger charge is 2.13. The van der Waals surface area contributed by atoms with Crippen LogP contribution >= 0.6 is 11.8 Å². The summed E-state index contributed by atoms with van der Waals surface area (Å²) < 4.78 is 7.19. The summed E-state index contributed by atoms with van der Waals surface area (Å²) in [6.45, 7) is 1.31. The number of ether oxygens (including phenoxy) is 1. The van der Waals surface area contributed by atoms with Crippen LogP contribution in [0.25, 0.3) is 11.0 Å². The molecule has 3 aromatic rings. The summed E-state index contributed by atoms with van der Waals surface area (Å²) in [4.78, 5) is 18.0. The minimum Gasteiger partial charge on any atom is -0.383 e. The van der Waals surface area contributed by atoms with Crippen LogP contribution in [-0.2, 0) is 22.5 Å². The van der Waals surface area contributed by atoms with Gasteiger partial charge in [-0.3, -0.25) is 4.79 Å². The summed E-state index contributed by atoms with van der Waals surface area (Å²) >= 11 is 1.65. The lowest BCUT2D eigenvalue weighted by Crippen LogP contribution is -2.14. The zero-order valence-electron chi connectivity index (χ0n) is 14.4. The fourth-order valence-electron chi connectivity index (χ4n) is 2.78. The number of carbonyl (C=O) groups is 1. The average molecular weight is 355 g/mol. The van der Waals surface area contributed by atoms with Crippen LogP contribution in [0.3, 0.4) is 0 Å². The molecule has 0 saturated carbocycles. The van der Waals surface area contributed by atoms with Crippen molar-refractivity contribution in [3.63, 3.8) is 0 Å². The summed E-state index contributed by atoms with van der Waals surface area (Å²) in [7, 11) is 1.68. The highest BCUT2D eigenvalue weighted by atomic mass is 32.2. The molecule has 2 aromatic heterocycles. The number of thioether (sulfide) groups is 1. The zero-order valence-corrected chi connectivity index (χ0v) is 15.2. The van der Waals surface area contributed by atoms with Gasteiger partial charge in [0.1, 0.15) is 5.65 Å². The number of hydrogen-bond acceptors (Lipinski definition) is 4. The van der Waals surface area contributed by atoms with Crippen molar-refractivity contribution in [1.29, 1.82) is 0 Å². The maximum absolute atomic E-state index is 12.5. The van der Waals surface area contributed by atoms with Crippen molar-refractivity contribution in [2.24, 2.45) is 0 Å². The first kappa shape index (κ1) is 17.5. The van der Waals surface area contributed by atoms with E-state index >= 15 is 0 Å². The van der Waals surface area contributed by atoms with Gasteiger partial charge in [-0.15, -0.1) is 11.8 Å². The molecule has 0 bridgehead atoms. The van der Waals surface area contributed by atoms with Crippen molar-refractivity contribution >= 4 is 34.4 Å². The molecule has 130 valence electrons. The average Bonchev–Trinajstić information content (AvgIpc) is 2.98. The molecule has 6 heteroatoms. The van der Waals surface area contributed by atoms with E-state index in [-0.39, 0.29) is 5.91 Å². The van der Waals surface area contributed by atoms with Crippen molar-refractivity contribution in [1.82, 2.24) is 9.55 Å². The molecule has 0 unspecified atom stereocenters. The Kier molecular flexibility index (Phi) is 5.73. The van der Waals surface area contributed by atoms with Crippen LogP contribution in [0.5, 0.6) is 0 Å². The number of methoxy groups -OCH3 is 1. The lowest BCUT2D eigenvalue weighted by molar-refractivity contribution is -0.115. The molecule has 1 aromatic carbocycles. The van der Waals surface area contributed by atoms with Crippen LogP contribution in [0.1, 0.15) is 5.56 Å². The van der Waals surface area contributed by atoms with Crippen molar-refractivity contribution < 1.29 is 9.53 Å². The third-order valence-corrected chi connectivity index (χ3v) is 4.68. The number of fused-ring (bicyclic) bond motifs is 1. The molecule has 5 nitrogen and oxygen atoms in total. The number of hydrogen-bond donors (Lipinski definition) is 1. The summed E-state index contributed by atoms with van der Waals surface area (Å²) in [5, 5.41) is 3.98. The zero-order chi connectivity index (χ0) is 17.6. The number of benzene rings is 1.